The molecule has 0 fully saturated rings. The number of amides is 1. The lowest BCUT2D eigenvalue weighted by atomic mass is 10.1. The molecule has 2 rings (SSSR count). The Morgan fingerprint density at radius 3 is 2.91 bits per heavy atom. The second-order valence-electron chi connectivity index (χ2n) is 5.48. The molecule has 122 valence electrons. The smallest absolute Gasteiger partial charge is 0.232 e. The van der Waals surface area contributed by atoms with Crippen molar-refractivity contribution < 1.29 is 4.79 Å². The summed E-state index contributed by atoms with van der Waals surface area (Å²) in [4.78, 5) is 16.1. The predicted molar refractivity (Wildman–Crippen MR) is 91.5 cm³/mol. The molecule has 0 aliphatic heterocycles. The van der Waals surface area contributed by atoms with Crippen molar-refractivity contribution in [3.8, 4) is 6.07 Å². The first kappa shape index (κ1) is 17.3. The highest BCUT2D eigenvalue weighted by Gasteiger charge is 2.15. The van der Waals surface area contributed by atoms with Crippen molar-refractivity contribution in [1.82, 2.24) is 19.9 Å². The van der Waals surface area contributed by atoms with Gasteiger partial charge in [-0.05, 0) is 45.9 Å². The first-order valence-electron chi connectivity index (χ1n) is 7.54. The highest BCUT2D eigenvalue weighted by atomic mass is 32.2. The van der Waals surface area contributed by atoms with E-state index in [-0.39, 0.29) is 11.2 Å². The van der Waals surface area contributed by atoms with Crippen molar-refractivity contribution in [3.05, 3.63) is 28.7 Å². The second-order valence-corrected chi connectivity index (χ2v) is 6.66. The molecular formula is C16H21N5OS. The molecule has 0 saturated carbocycles. The number of hydrogen-bond acceptors (Lipinski definition) is 5. The van der Waals surface area contributed by atoms with Gasteiger partial charge < -0.3 is 5.32 Å². The fourth-order valence-corrected chi connectivity index (χ4v) is 2.67. The van der Waals surface area contributed by atoms with Crippen molar-refractivity contribution in [2.75, 3.05) is 12.8 Å². The quantitative estimate of drug-likeness (QED) is 0.819. The summed E-state index contributed by atoms with van der Waals surface area (Å²) in [7, 11) is 0. The SMILES string of the molecule is CS[C@H](C)C(=O)NCCCc1nn2c(C)cc(C)nc2c1C#N. The molecule has 1 amide bonds. The van der Waals surface area contributed by atoms with Crippen LogP contribution in [0.15, 0.2) is 6.07 Å². The van der Waals surface area contributed by atoms with E-state index in [1.54, 1.807) is 4.52 Å². The molecule has 0 unspecified atom stereocenters. The molecule has 2 aromatic rings. The van der Waals surface area contributed by atoms with Crippen LogP contribution in [0, 0.1) is 25.2 Å². The van der Waals surface area contributed by atoms with Gasteiger partial charge in [-0.15, -0.1) is 0 Å². The molecule has 0 aromatic carbocycles. The summed E-state index contributed by atoms with van der Waals surface area (Å²) in [6, 6.07) is 4.15. The Hall–Kier alpha value is -2.07. The molecule has 0 spiro atoms. The van der Waals surface area contributed by atoms with Crippen molar-refractivity contribution in [1.29, 1.82) is 5.26 Å². The van der Waals surface area contributed by atoms with Gasteiger partial charge in [0.2, 0.25) is 5.91 Å². The topological polar surface area (TPSA) is 83.1 Å². The summed E-state index contributed by atoms with van der Waals surface area (Å²) in [5.74, 6) is 0.0427. The van der Waals surface area contributed by atoms with Crippen LogP contribution < -0.4 is 5.32 Å². The highest BCUT2D eigenvalue weighted by Crippen LogP contribution is 2.17. The van der Waals surface area contributed by atoms with E-state index < -0.39 is 0 Å². The van der Waals surface area contributed by atoms with Crippen LogP contribution in [0.25, 0.3) is 5.65 Å². The first-order valence-corrected chi connectivity index (χ1v) is 8.83. The Morgan fingerprint density at radius 2 is 2.26 bits per heavy atom. The van der Waals surface area contributed by atoms with E-state index in [1.165, 1.54) is 11.8 Å². The van der Waals surface area contributed by atoms with Crippen LogP contribution >= 0.6 is 11.8 Å². The molecular weight excluding hydrogens is 310 g/mol. The van der Waals surface area contributed by atoms with E-state index in [9.17, 15) is 10.1 Å². The molecule has 1 N–H and O–H groups in total. The Labute approximate surface area is 140 Å². The number of hydrogen-bond donors (Lipinski definition) is 1. The summed E-state index contributed by atoms with van der Waals surface area (Å²) in [5, 5.41) is 16.8. The number of rotatable bonds is 6. The predicted octanol–water partition coefficient (Wildman–Crippen LogP) is 2.02. The first-order chi connectivity index (χ1) is 11.0. The number of carbonyl (C=O) groups excluding carboxylic acids is 1. The molecule has 0 radical (unpaired) electrons. The molecule has 0 bridgehead atoms. The number of nitriles is 1. The molecule has 7 heteroatoms. The van der Waals surface area contributed by atoms with Gasteiger partial charge in [0.25, 0.3) is 0 Å². The van der Waals surface area contributed by atoms with Gasteiger partial charge in [0.1, 0.15) is 11.6 Å². The Balaban J connectivity index is 2.08. The van der Waals surface area contributed by atoms with Crippen molar-refractivity contribution in [2.45, 2.75) is 38.9 Å². The summed E-state index contributed by atoms with van der Waals surface area (Å²) in [6.07, 6.45) is 3.29. The summed E-state index contributed by atoms with van der Waals surface area (Å²) < 4.78 is 1.72. The third-order valence-electron chi connectivity index (χ3n) is 3.69. The van der Waals surface area contributed by atoms with Gasteiger partial charge in [-0.1, -0.05) is 0 Å². The summed E-state index contributed by atoms with van der Waals surface area (Å²) >= 11 is 1.52. The van der Waals surface area contributed by atoms with Gasteiger partial charge in [-0.2, -0.15) is 22.1 Å². The molecule has 1 atom stereocenters. The van der Waals surface area contributed by atoms with Crippen molar-refractivity contribution in [2.24, 2.45) is 0 Å². The van der Waals surface area contributed by atoms with Gasteiger partial charge in [0.15, 0.2) is 5.65 Å². The number of carbonyl (C=O) groups is 1. The largest absolute Gasteiger partial charge is 0.355 e. The standard InChI is InChI=1S/C16H21N5OS/c1-10-8-11(2)21-15(19-10)13(9-17)14(20-21)6-5-7-18-16(22)12(3)23-4/h8,12H,5-7H2,1-4H3,(H,18,22)/t12-/m1/s1. The lowest BCUT2D eigenvalue weighted by molar-refractivity contribution is -0.120. The van der Waals surface area contributed by atoms with Gasteiger partial charge in [0, 0.05) is 17.9 Å². The van der Waals surface area contributed by atoms with Crippen LogP contribution in [0.2, 0.25) is 0 Å². The lowest BCUT2D eigenvalue weighted by Gasteiger charge is -2.08. The monoisotopic (exact) mass is 331 g/mol. The van der Waals surface area contributed by atoms with Crippen LogP contribution in [-0.2, 0) is 11.2 Å². The fourth-order valence-electron chi connectivity index (χ4n) is 2.37. The van der Waals surface area contributed by atoms with E-state index in [4.69, 9.17) is 0 Å². The molecule has 23 heavy (non-hydrogen) atoms. The number of thioether (sulfide) groups is 1. The molecule has 2 aromatic heterocycles. The maximum Gasteiger partial charge on any atom is 0.232 e. The minimum Gasteiger partial charge on any atom is -0.355 e. The Bertz CT molecular complexity index is 762. The minimum absolute atomic E-state index is 0.0427. The summed E-state index contributed by atoms with van der Waals surface area (Å²) in [5.41, 5.74) is 3.70. The van der Waals surface area contributed by atoms with E-state index in [1.807, 2.05) is 33.1 Å². The zero-order valence-corrected chi connectivity index (χ0v) is 14.7. The van der Waals surface area contributed by atoms with E-state index in [2.05, 4.69) is 21.5 Å². The third kappa shape index (κ3) is 3.82. The van der Waals surface area contributed by atoms with Gasteiger partial charge >= 0.3 is 0 Å². The van der Waals surface area contributed by atoms with Crippen LogP contribution in [0.4, 0.5) is 0 Å². The van der Waals surface area contributed by atoms with E-state index in [0.29, 0.717) is 24.2 Å². The van der Waals surface area contributed by atoms with Crippen LogP contribution in [0.3, 0.4) is 0 Å². The number of nitrogens with one attached hydrogen (secondary N) is 1. The van der Waals surface area contributed by atoms with Crippen LogP contribution in [-0.4, -0.2) is 38.6 Å². The third-order valence-corrected chi connectivity index (χ3v) is 4.61. The van der Waals surface area contributed by atoms with Crippen LogP contribution in [0.1, 0.15) is 36.0 Å². The molecule has 0 aliphatic carbocycles. The maximum absolute atomic E-state index is 11.7. The number of aromatic nitrogens is 3. The minimum atomic E-state index is -0.0466. The van der Waals surface area contributed by atoms with Gasteiger partial charge in [-0.3, -0.25) is 4.79 Å². The average molecular weight is 331 g/mol. The van der Waals surface area contributed by atoms with Crippen molar-refractivity contribution >= 4 is 23.3 Å². The Morgan fingerprint density at radius 1 is 1.52 bits per heavy atom. The molecule has 2 heterocycles. The van der Waals surface area contributed by atoms with Crippen molar-refractivity contribution in [3.63, 3.8) is 0 Å². The fraction of sp³-hybridized carbons (Fsp3) is 0.500. The van der Waals surface area contributed by atoms with E-state index in [0.717, 1.165) is 23.5 Å². The van der Waals surface area contributed by atoms with Gasteiger partial charge in [-0.25, -0.2) is 9.50 Å². The second kappa shape index (κ2) is 7.47. The van der Waals surface area contributed by atoms with Gasteiger partial charge in [0.05, 0.1) is 10.9 Å². The van der Waals surface area contributed by atoms with Crippen LogP contribution in [0.5, 0.6) is 0 Å². The summed E-state index contributed by atoms with van der Waals surface area (Å²) in [6.45, 7) is 6.31. The zero-order valence-electron chi connectivity index (χ0n) is 13.9. The zero-order chi connectivity index (χ0) is 17.0. The normalized spacial score (nSPS) is 12.1. The molecule has 0 aliphatic rings. The lowest BCUT2D eigenvalue weighted by Crippen LogP contribution is -2.31. The molecule has 6 nitrogen and oxygen atoms in total. The maximum atomic E-state index is 11.7. The van der Waals surface area contributed by atoms with E-state index >= 15 is 0 Å². The molecule has 0 saturated heterocycles. The highest BCUT2D eigenvalue weighted by molar-refractivity contribution is 7.99. The number of fused-ring (bicyclic) bond motifs is 1. The Kier molecular flexibility index (Phi) is 5.61. The number of nitrogens with zero attached hydrogens (tertiary/aromatic N) is 4. The average Bonchev–Trinajstić information content (AvgIpc) is 2.88. The number of aryl methyl sites for hydroxylation is 3.